The van der Waals surface area contributed by atoms with E-state index < -0.39 is 10.0 Å². The zero-order valence-corrected chi connectivity index (χ0v) is 10.8. The van der Waals surface area contributed by atoms with Gasteiger partial charge in [-0.3, -0.25) is 4.90 Å². The molecule has 6 heteroatoms. The molecule has 0 aliphatic heterocycles. The molecule has 0 spiro atoms. The summed E-state index contributed by atoms with van der Waals surface area (Å²) in [5.74, 6) is 0. The van der Waals surface area contributed by atoms with Crippen LogP contribution >= 0.6 is 15.9 Å². The Kier molecular flexibility index (Phi) is 4.82. The van der Waals surface area contributed by atoms with Gasteiger partial charge in [-0.15, -0.1) is 0 Å². The lowest BCUT2D eigenvalue weighted by atomic mass is 10.4. The number of nitrogens with one attached hydrogen (secondary N) is 1. The highest BCUT2D eigenvalue weighted by Crippen LogP contribution is 2.25. The lowest BCUT2D eigenvalue weighted by Crippen LogP contribution is -2.36. The lowest BCUT2D eigenvalue weighted by molar-refractivity contribution is 0.282. The number of hydrogen-bond acceptors (Lipinski definition) is 3. The van der Waals surface area contributed by atoms with Crippen LogP contribution in [0.5, 0.6) is 0 Å². The van der Waals surface area contributed by atoms with Crippen molar-refractivity contribution in [2.75, 3.05) is 24.3 Å². The fourth-order valence-corrected chi connectivity index (χ4v) is 2.39. The molecule has 0 heterocycles. The van der Waals surface area contributed by atoms with Crippen LogP contribution in [-0.2, 0) is 10.0 Å². The van der Waals surface area contributed by atoms with Gasteiger partial charge >= 0.3 is 0 Å². The van der Waals surface area contributed by atoms with Gasteiger partial charge in [-0.2, -0.15) is 0 Å². The molecular weight excluding hydrogens is 268 g/mol. The number of likely N-dealkylation sites (N-methyl/N-ethyl adjacent to an activating group) is 1. The molecule has 1 aliphatic carbocycles. The third-order valence-electron chi connectivity index (χ3n) is 2.33. The second-order valence-electron chi connectivity index (χ2n) is 3.48. The highest BCUT2D eigenvalue weighted by Gasteiger charge is 2.27. The summed E-state index contributed by atoms with van der Waals surface area (Å²) in [7, 11) is -3.09. The van der Waals surface area contributed by atoms with Crippen molar-refractivity contribution in [2.45, 2.75) is 25.8 Å². The van der Waals surface area contributed by atoms with Gasteiger partial charge in [0.2, 0.25) is 10.0 Å². The molecule has 0 amide bonds. The van der Waals surface area contributed by atoms with Crippen LogP contribution in [0.3, 0.4) is 0 Å². The Hall–Kier alpha value is 0.350. The summed E-state index contributed by atoms with van der Waals surface area (Å²) in [5.41, 5.74) is 0. The van der Waals surface area contributed by atoms with E-state index in [0.29, 0.717) is 12.6 Å². The van der Waals surface area contributed by atoms with Gasteiger partial charge < -0.3 is 0 Å². The normalized spacial score (nSPS) is 17.6. The first-order chi connectivity index (χ1) is 6.59. The second kappa shape index (κ2) is 5.44. The Morgan fingerprint density at radius 2 is 2.14 bits per heavy atom. The Morgan fingerprint density at radius 1 is 1.50 bits per heavy atom. The van der Waals surface area contributed by atoms with E-state index in [1.54, 1.807) is 0 Å². The molecule has 0 radical (unpaired) electrons. The summed E-state index contributed by atoms with van der Waals surface area (Å²) < 4.78 is 24.7. The molecule has 4 nitrogen and oxygen atoms in total. The maximum Gasteiger partial charge on any atom is 0.221 e. The van der Waals surface area contributed by atoms with E-state index in [9.17, 15) is 8.42 Å². The lowest BCUT2D eigenvalue weighted by Gasteiger charge is -2.19. The molecule has 0 atom stereocenters. The van der Waals surface area contributed by atoms with Crippen LogP contribution in [0.4, 0.5) is 0 Å². The quantitative estimate of drug-likeness (QED) is 0.702. The van der Waals surface area contributed by atoms with Crippen molar-refractivity contribution in [3.63, 3.8) is 0 Å². The number of halogens is 1. The van der Waals surface area contributed by atoms with E-state index in [2.05, 4.69) is 32.5 Å². The molecule has 0 aromatic heterocycles. The number of sulfonamides is 1. The van der Waals surface area contributed by atoms with Gasteiger partial charge in [0, 0.05) is 19.1 Å². The number of hydrogen-bond donors (Lipinski definition) is 1. The first-order valence-electron chi connectivity index (χ1n) is 4.86. The summed E-state index contributed by atoms with van der Waals surface area (Å²) in [6.45, 7) is 4.43. The van der Waals surface area contributed by atoms with E-state index in [1.165, 1.54) is 12.8 Å². The summed E-state index contributed by atoms with van der Waals surface area (Å²) in [4.78, 5) is 2.32. The molecular formula is C8H17BrN2O2S. The smallest absolute Gasteiger partial charge is 0.221 e. The summed E-state index contributed by atoms with van der Waals surface area (Å²) in [6, 6.07) is 0.702. The molecule has 0 bridgehead atoms. The highest BCUT2D eigenvalue weighted by atomic mass is 79.9. The maximum atomic E-state index is 11.1. The van der Waals surface area contributed by atoms with E-state index in [1.807, 2.05) is 0 Å². The number of alkyl halides is 1. The predicted molar refractivity (Wildman–Crippen MR) is 61.0 cm³/mol. The van der Waals surface area contributed by atoms with Crippen LogP contribution in [0, 0.1) is 0 Å². The molecule has 0 aromatic rings. The predicted octanol–water partition coefficient (Wildman–Crippen LogP) is 0.743. The minimum Gasteiger partial charge on any atom is -0.299 e. The average Bonchev–Trinajstić information content (AvgIpc) is 2.96. The standard InChI is InChI=1S/C8H17BrN2O2S/c1-2-11(8-3-4-8)6-5-10-14(12,13)7-9/h8,10H,2-7H2,1H3. The molecule has 0 unspecified atom stereocenters. The first kappa shape index (κ1) is 12.4. The topological polar surface area (TPSA) is 49.4 Å². The van der Waals surface area contributed by atoms with Crippen molar-refractivity contribution >= 4 is 26.0 Å². The van der Waals surface area contributed by atoms with Crippen molar-refractivity contribution in [3.8, 4) is 0 Å². The van der Waals surface area contributed by atoms with Crippen LogP contribution in [0.15, 0.2) is 0 Å². The summed E-state index contributed by atoms with van der Waals surface area (Å²) in [5, 5.41) is 0. The third kappa shape index (κ3) is 4.25. The molecule has 1 N–H and O–H groups in total. The summed E-state index contributed by atoms with van der Waals surface area (Å²) >= 11 is 2.93. The average molecular weight is 285 g/mol. The van der Waals surface area contributed by atoms with Gasteiger partial charge in [0.15, 0.2) is 0 Å². The molecule has 1 saturated carbocycles. The number of nitrogens with zero attached hydrogens (tertiary/aromatic N) is 1. The van der Waals surface area contributed by atoms with Gasteiger partial charge in [0.25, 0.3) is 0 Å². The van der Waals surface area contributed by atoms with E-state index >= 15 is 0 Å². The van der Waals surface area contributed by atoms with Gasteiger partial charge in [-0.1, -0.05) is 22.9 Å². The van der Waals surface area contributed by atoms with Gasteiger partial charge in [-0.25, -0.2) is 13.1 Å². The molecule has 0 aromatic carbocycles. The zero-order chi connectivity index (χ0) is 10.6. The molecule has 84 valence electrons. The van der Waals surface area contributed by atoms with Crippen LogP contribution in [0.1, 0.15) is 19.8 Å². The van der Waals surface area contributed by atoms with E-state index in [4.69, 9.17) is 0 Å². The van der Waals surface area contributed by atoms with Crippen molar-refractivity contribution < 1.29 is 8.42 Å². The molecule has 1 aliphatic rings. The number of rotatable bonds is 7. The minimum absolute atomic E-state index is 0.0183. The van der Waals surface area contributed by atoms with Gasteiger partial charge in [0.05, 0.1) is 0 Å². The van der Waals surface area contributed by atoms with Crippen molar-refractivity contribution in [3.05, 3.63) is 0 Å². The SMILES string of the molecule is CCN(CCNS(=O)(=O)CBr)C1CC1. The van der Waals surface area contributed by atoms with Crippen molar-refractivity contribution in [2.24, 2.45) is 0 Å². The Bertz CT molecular complexity index is 265. The monoisotopic (exact) mass is 284 g/mol. The molecule has 1 fully saturated rings. The fraction of sp³-hybridized carbons (Fsp3) is 1.00. The Balaban J connectivity index is 2.19. The third-order valence-corrected chi connectivity index (χ3v) is 5.07. The van der Waals surface area contributed by atoms with Gasteiger partial charge in [0.1, 0.15) is 4.66 Å². The van der Waals surface area contributed by atoms with E-state index in [-0.39, 0.29) is 4.66 Å². The fourth-order valence-electron chi connectivity index (χ4n) is 1.42. The van der Waals surface area contributed by atoms with E-state index in [0.717, 1.165) is 13.1 Å². The Morgan fingerprint density at radius 3 is 2.57 bits per heavy atom. The maximum absolute atomic E-state index is 11.1. The van der Waals surface area contributed by atoms with Crippen molar-refractivity contribution in [1.29, 1.82) is 0 Å². The first-order valence-corrected chi connectivity index (χ1v) is 7.63. The van der Waals surface area contributed by atoms with Crippen LogP contribution < -0.4 is 4.72 Å². The van der Waals surface area contributed by atoms with Crippen molar-refractivity contribution in [1.82, 2.24) is 9.62 Å². The summed E-state index contributed by atoms with van der Waals surface area (Å²) in [6.07, 6.45) is 2.53. The largest absolute Gasteiger partial charge is 0.299 e. The molecule has 1 rings (SSSR count). The zero-order valence-electron chi connectivity index (χ0n) is 8.37. The van der Waals surface area contributed by atoms with Gasteiger partial charge in [-0.05, 0) is 19.4 Å². The highest BCUT2D eigenvalue weighted by molar-refractivity contribution is 9.10. The minimum atomic E-state index is -3.09. The Labute approximate surface area is 94.2 Å². The van der Waals surface area contributed by atoms with Crippen LogP contribution in [-0.4, -0.2) is 43.7 Å². The van der Waals surface area contributed by atoms with Crippen LogP contribution in [0.2, 0.25) is 0 Å². The second-order valence-corrected chi connectivity index (χ2v) is 6.59. The molecule has 14 heavy (non-hydrogen) atoms. The van der Waals surface area contributed by atoms with Crippen LogP contribution in [0.25, 0.3) is 0 Å². The molecule has 0 saturated heterocycles.